The molecule has 0 saturated heterocycles. The highest BCUT2D eigenvalue weighted by molar-refractivity contribution is 6.04. The first-order valence-electron chi connectivity index (χ1n) is 7.72. The predicted molar refractivity (Wildman–Crippen MR) is 90.1 cm³/mol. The standard InChI is InChI=1S/C18H19N3O/c1-12-18(20-15-9-8-14(19)11-17(15)22-12)21-10-4-6-13-5-2-3-7-16(13)21/h2-3,5,7-9,11-12H,4,6,10,19H2,1H3. The number of aryl methyl sites for hydroxylation is 1. The Hall–Kier alpha value is -2.49. The van der Waals surface area contributed by atoms with Crippen LogP contribution >= 0.6 is 0 Å². The van der Waals surface area contributed by atoms with Crippen LogP contribution in [0.4, 0.5) is 17.1 Å². The van der Waals surface area contributed by atoms with Crippen molar-refractivity contribution < 1.29 is 4.74 Å². The van der Waals surface area contributed by atoms with Crippen molar-refractivity contribution in [1.82, 2.24) is 0 Å². The average molecular weight is 293 g/mol. The SMILES string of the molecule is CC1Oc2cc(N)ccc2N=C1N1CCCc2ccccc21. The molecule has 1 atom stereocenters. The number of nitrogens with zero attached hydrogens (tertiary/aromatic N) is 2. The second-order valence-corrected chi connectivity index (χ2v) is 5.84. The van der Waals surface area contributed by atoms with E-state index in [1.54, 1.807) is 0 Å². The van der Waals surface area contributed by atoms with E-state index in [1.165, 1.54) is 11.3 Å². The Morgan fingerprint density at radius 2 is 2.09 bits per heavy atom. The van der Waals surface area contributed by atoms with Gasteiger partial charge in [-0.2, -0.15) is 0 Å². The second kappa shape index (κ2) is 5.05. The number of benzene rings is 2. The molecule has 2 aliphatic rings. The largest absolute Gasteiger partial charge is 0.480 e. The molecule has 4 rings (SSSR count). The van der Waals surface area contributed by atoms with Crippen LogP contribution in [0.2, 0.25) is 0 Å². The van der Waals surface area contributed by atoms with Crippen molar-refractivity contribution in [3.63, 3.8) is 0 Å². The molecule has 0 bridgehead atoms. The van der Waals surface area contributed by atoms with E-state index in [0.717, 1.165) is 36.7 Å². The number of fused-ring (bicyclic) bond motifs is 2. The van der Waals surface area contributed by atoms with Gasteiger partial charge in [-0.15, -0.1) is 0 Å². The summed E-state index contributed by atoms with van der Waals surface area (Å²) in [5, 5.41) is 0. The van der Waals surface area contributed by atoms with Gasteiger partial charge in [0, 0.05) is 24.0 Å². The number of aliphatic imine (C=N–C) groups is 1. The van der Waals surface area contributed by atoms with Gasteiger partial charge in [0.15, 0.2) is 11.9 Å². The van der Waals surface area contributed by atoms with Crippen molar-refractivity contribution in [1.29, 1.82) is 0 Å². The maximum absolute atomic E-state index is 6.04. The molecule has 2 aromatic rings. The van der Waals surface area contributed by atoms with Gasteiger partial charge in [0.05, 0.1) is 0 Å². The number of anilines is 2. The molecule has 2 aromatic carbocycles. The molecule has 0 saturated carbocycles. The Morgan fingerprint density at radius 3 is 3.00 bits per heavy atom. The Morgan fingerprint density at radius 1 is 1.23 bits per heavy atom. The minimum atomic E-state index is -0.0829. The fourth-order valence-electron chi connectivity index (χ4n) is 3.23. The van der Waals surface area contributed by atoms with E-state index in [0.29, 0.717) is 5.69 Å². The molecule has 0 aromatic heterocycles. The molecule has 0 spiro atoms. The predicted octanol–water partition coefficient (Wildman–Crippen LogP) is 3.53. The third-order valence-electron chi connectivity index (χ3n) is 4.27. The van der Waals surface area contributed by atoms with Crippen LogP contribution in [-0.2, 0) is 6.42 Å². The monoisotopic (exact) mass is 293 g/mol. The van der Waals surface area contributed by atoms with Crippen LogP contribution in [0.25, 0.3) is 0 Å². The van der Waals surface area contributed by atoms with Gasteiger partial charge in [0.25, 0.3) is 0 Å². The van der Waals surface area contributed by atoms with Crippen LogP contribution in [0, 0.1) is 0 Å². The van der Waals surface area contributed by atoms with Crippen LogP contribution < -0.4 is 15.4 Å². The maximum Gasteiger partial charge on any atom is 0.154 e. The van der Waals surface area contributed by atoms with E-state index in [9.17, 15) is 0 Å². The summed E-state index contributed by atoms with van der Waals surface area (Å²) in [5.41, 5.74) is 10.0. The molecular weight excluding hydrogens is 274 g/mol. The maximum atomic E-state index is 6.04. The van der Waals surface area contributed by atoms with E-state index < -0.39 is 0 Å². The molecule has 4 heteroatoms. The molecule has 0 fully saturated rings. The zero-order valence-corrected chi connectivity index (χ0v) is 12.6. The highest BCUT2D eigenvalue weighted by atomic mass is 16.5. The van der Waals surface area contributed by atoms with Gasteiger partial charge in [0.1, 0.15) is 11.4 Å². The fraction of sp³-hybridized carbons (Fsp3) is 0.278. The van der Waals surface area contributed by atoms with Crippen molar-refractivity contribution in [3.05, 3.63) is 48.0 Å². The summed E-state index contributed by atoms with van der Waals surface area (Å²) in [6.45, 7) is 3.02. The van der Waals surface area contributed by atoms with Gasteiger partial charge >= 0.3 is 0 Å². The Balaban J connectivity index is 1.78. The first-order valence-corrected chi connectivity index (χ1v) is 7.72. The van der Waals surface area contributed by atoms with E-state index >= 15 is 0 Å². The molecule has 0 aliphatic carbocycles. The minimum absolute atomic E-state index is 0.0829. The lowest BCUT2D eigenvalue weighted by Gasteiger charge is -2.36. The Kier molecular flexibility index (Phi) is 3.03. The molecule has 112 valence electrons. The van der Waals surface area contributed by atoms with E-state index in [1.807, 2.05) is 25.1 Å². The number of rotatable bonds is 0. The van der Waals surface area contributed by atoms with Crippen LogP contribution in [0.3, 0.4) is 0 Å². The van der Waals surface area contributed by atoms with Crippen molar-refractivity contribution >= 4 is 22.9 Å². The molecule has 22 heavy (non-hydrogen) atoms. The van der Waals surface area contributed by atoms with Crippen molar-refractivity contribution in [2.45, 2.75) is 25.9 Å². The van der Waals surface area contributed by atoms with E-state index in [4.69, 9.17) is 15.5 Å². The number of hydrogen-bond donors (Lipinski definition) is 1. The third kappa shape index (κ3) is 2.11. The molecule has 2 heterocycles. The minimum Gasteiger partial charge on any atom is -0.480 e. The normalized spacial score (nSPS) is 19.8. The lowest BCUT2D eigenvalue weighted by Crippen LogP contribution is -2.44. The lowest BCUT2D eigenvalue weighted by molar-refractivity contribution is 0.280. The highest BCUT2D eigenvalue weighted by Gasteiger charge is 2.29. The van der Waals surface area contributed by atoms with Crippen molar-refractivity contribution in [3.8, 4) is 5.75 Å². The summed E-state index contributed by atoms with van der Waals surface area (Å²) < 4.78 is 6.04. The third-order valence-corrected chi connectivity index (χ3v) is 4.27. The first-order chi connectivity index (χ1) is 10.7. The molecule has 2 aliphatic heterocycles. The quantitative estimate of drug-likeness (QED) is 0.756. The van der Waals surface area contributed by atoms with Gasteiger partial charge in [-0.05, 0) is 43.5 Å². The zero-order chi connectivity index (χ0) is 15.1. The zero-order valence-electron chi connectivity index (χ0n) is 12.6. The number of nitrogens with two attached hydrogens (primary N) is 1. The number of nitrogen functional groups attached to an aromatic ring is 1. The van der Waals surface area contributed by atoms with Crippen LogP contribution in [-0.4, -0.2) is 18.5 Å². The van der Waals surface area contributed by atoms with Gasteiger partial charge in [-0.25, -0.2) is 4.99 Å². The molecule has 0 amide bonds. The summed E-state index contributed by atoms with van der Waals surface area (Å²) in [7, 11) is 0. The second-order valence-electron chi connectivity index (χ2n) is 5.84. The van der Waals surface area contributed by atoms with E-state index in [2.05, 4.69) is 29.2 Å². The van der Waals surface area contributed by atoms with Gasteiger partial charge < -0.3 is 15.4 Å². The number of ether oxygens (including phenoxy) is 1. The topological polar surface area (TPSA) is 50.9 Å². The highest BCUT2D eigenvalue weighted by Crippen LogP contribution is 2.37. The summed E-state index contributed by atoms with van der Waals surface area (Å²) in [6, 6.07) is 14.2. The molecule has 4 nitrogen and oxygen atoms in total. The fourth-order valence-corrected chi connectivity index (χ4v) is 3.23. The summed E-state index contributed by atoms with van der Waals surface area (Å²) in [5.74, 6) is 1.74. The Bertz CT molecular complexity index is 754. The number of hydrogen-bond acceptors (Lipinski definition) is 4. The lowest BCUT2D eigenvalue weighted by atomic mass is 10.0. The van der Waals surface area contributed by atoms with Gasteiger partial charge in [-0.3, -0.25) is 0 Å². The number of para-hydroxylation sites is 1. The smallest absolute Gasteiger partial charge is 0.154 e. The van der Waals surface area contributed by atoms with Crippen LogP contribution in [0.1, 0.15) is 18.9 Å². The summed E-state index contributed by atoms with van der Waals surface area (Å²) in [4.78, 5) is 7.15. The first kappa shape index (κ1) is 13.2. The summed E-state index contributed by atoms with van der Waals surface area (Å²) in [6.07, 6.45) is 2.18. The molecular formula is C18H19N3O. The van der Waals surface area contributed by atoms with Crippen molar-refractivity contribution in [2.75, 3.05) is 17.2 Å². The average Bonchev–Trinajstić information content (AvgIpc) is 2.54. The van der Waals surface area contributed by atoms with E-state index in [-0.39, 0.29) is 6.10 Å². The van der Waals surface area contributed by atoms with Crippen LogP contribution in [0.15, 0.2) is 47.5 Å². The molecule has 1 unspecified atom stereocenters. The van der Waals surface area contributed by atoms with Gasteiger partial charge in [-0.1, -0.05) is 18.2 Å². The van der Waals surface area contributed by atoms with Gasteiger partial charge in [0.2, 0.25) is 0 Å². The van der Waals surface area contributed by atoms with Crippen molar-refractivity contribution in [2.24, 2.45) is 4.99 Å². The molecule has 0 radical (unpaired) electrons. The number of amidine groups is 1. The molecule has 2 N–H and O–H groups in total. The Labute approximate surface area is 130 Å². The summed E-state index contributed by atoms with van der Waals surface area (Å²) >= 11 is 0. The van der Waals surface area contributed by atoms with Crippen LogP contribution in [0.5, 0.6) is 5.75 Å².